The van der Waals surface area contributed by atoms with Crippen molar-refractivity contribution in [2.45, 2.75) is 31.7 Å². The number of hydrogen-bond donors (Lipinski definition) is 3. The molecule has 1 aromatic heterocycles. The first-order valence-electron chi connectivity index (χ1n) is 6.88. The lowest BCUT2D eigenvalue weighted by Crippen LogP contribution is -2.27. The van der Waals surface area contributed by atoms with Crippen LogP contribution in [-0.2, 0) is 10.0 Å². The Morgan fingerprint density at radius 2 is 1.83 bits per heavy atom. The smallest absolute Gasteiger partial charge is 0.274 e. The summed E-state index contributed by atoms with van der Waals surface area (Å²) in [6.07, 6.45) is 0. The second kappa shape index (κ2) is 6.79. The number of nitrogens with one attached hydrogen (secondary N) is 2. The number of carbonyl (C=O) groups is 1. The number of rotatable bonds is 5. The molecule has 0 spiro atoms. The maximum atomic E-state index is 12.5. The molecule has 3 N–H and O–H groups in total. The van der Waals surface area contributed by atoms with Gasteiger partial charge in [0.1, 0.15) is 0 Å². The molecule has 1 heterocycles. The first-order valence-corrected chi connectivity index (χ1v) is 9.18. The molecule has 0 saturated heterocycles. The Bertz CT molecular complexity index is 811. The maximum Gasteiger partial charge on any atom is 0.274 e. The van der Waals surface area contributed by atoms with Gasteiger partial charge >= 0.3 is 0 Å². The van der Waals surface area contributed by atoms with E-state index in [0.29, 0.717) is 10.5 Å². The Kier molecular flexibility index (Phi) is 5.20. The lowest BCUT2D eigenvalue weighted by atomic mass is 10.1. The van der Waals surface area contributed by atoms with Crippen molar-refractivity contribution in [3.8, 4) is 0 Å². The van der Waals surface area contributed by atoms with E-state index < -0.39 is 22.0 Å². The minimum Gasteiger partial charge on any atom is -0.288 e. The van der Waals surface area contributed by atoms with Gasteiger partial charge in [0.25, 0.3) is 5.91 Å². The summed E-state index contributed by atoms with van der Waals surface area (Å²) in [5.74, 6) is -0.617. The Labute approximate surface area is 139 Å². The molecule has 0 saturated carbocycles. The minimum atomic E-state index is -3.61. The second-order valence-electron chi connectivity index (χ2n) is 5.18. The van der Waals surface area contributed by atoms with E-state index >= 15 is 0 Å². The first-order chi connectivity index (χ1) is 10.7. The molecule has 23 heavy (non-hydrogen) atoms. The van der Waals surface area contributed by atoms with Crippen LogP contribution in [0.25, 0.3) is 0 Å². The van der Waals surface area contributed by atoms with Gasteiger partial charge in [-0.3, -0.25) is 10.0 Å². The van der Waals surface area contributed by atoms with E-state index in [1.165, 1.54) is 23.5 Å². The molecular weight excluding hydrogens is 336 g/mol. The molecule has 0 aliphatic rings. The highest BCUT2D eigenvalue weighted by Crippen LogP contribution is 2.26. The van der Waals surface area contributed by atoms with Gasteiger partial charge in [0.05, 0.1) is 4.90 Å². The molecule has 124 valence electrons. The van der Waals surface area contributed by atoms with Gasteiger partial charge in [-0.2, -0.15) is 0 Å². The van der Waals surface area contributed by atoms with Crippen molar-refractivity contribution in [3.05, 3.63) is 51.2 Å². The summed E-state index contributed by atoms with van der Waals surface area (Å²) in [6.45, 7) is 5.37. The van der Waals surface area contributed by atoms with E-state index in [2.05, 4.69) is 4.72 Å². The molecule has 0 radical (unpaired) electrons. The van der Waals surface area contributed by atoms with E-state index in [1.807, 2.05) is 6.92 Å². The van der Waals surface area contributed by atoms with Gasteiger partial charge in [0, 0.05) is 21.4 Å². The standard InChI is InChI=1S/C15H18N2O4S2/c1-9-8-14(11(3)22-9)23(20,21)17-10(2)12-4-6-13(7-5-12)15(18)16-19/h4-8,10,17,19H,1-3H3,(H,16,18). The van der Waals surface area contributed by atoms with Crippen molar-refractivity contribution in [2.24, 2.45) is 0 Å². The van der Waals surface area contributed by atoms with Crippen LogP contribution < -0.4 is 10.2 Å². The zero-order valence-electron chi connectivity index (χ0n) is 13.0. The van der Waals surface area contributed by atoms with Crippen molar-refractivity contribution in [2.75, 3.05) is 0 Å². The summed E-state index contributed by atoms with van der Waals surface area (Å²) in [5, 5.41) is 8.58. The van der Waals surface area contributed by atoms with Crippen molar-refractivity contribution < 1.29 is 18.4 Å². The highest BCUT2D eigenvalue weighted by Gasteiger charge is 2.22. The summed E-state index contributed by atoms with van der Waals surface area (Å²) in [6, 6.07) is 7.53. The Hall–Kier alpha value is -1.74. The average Bonchev–Trinajstić information content (AvgIpc) is 2.85. The summed E-state index contributed by atoms with van der Waals surface area (Å²) in [7, 11) is -3.61. The van der Waals surface area contributed by atoms with Crippen LogP contribution in [0.1, 0.15) is 38.6 Å². The van der Waals surface area contributed by atoms with Gasteiger partial charge in [0.2, 0.25) is 10.0 Å². The van der Waals surface area contributed by atoms with Crippen LogP contribution in [-0.4, -0.2) is 19.5 Å². The topological polar surface area (TPSA) is 95.5 Å². The summed E-state index contributed by atoms with van der Waals surface area (Å²) >= 11 is 1.44. The van der Waals surface area contributed by atoms with Gasteiger partial charge in [-0.25, -0.2) is 18.6 Å². The highest BCUT2D eigenvalue weighted by molar-refractivity contribution is 7.89. The maximum absolute atomic E-state index is 12.5. The molecule has 0 aliphatic heterocycles. The summed E-state index contributed by atoms with van der Waals surface area (Å²) in [5.41, 5.74) is 2.55. The Balaban J connectivity index is 2.19. The fourth-order valence-corrected chi connectivity index (χ4v) is 5.01. The van der Waals surface area contributed by atoms with Crippen molar-refractivity contribution in [3.63, 3.8) is 0 Å². The number of hydroxylamine groups is 1. The van der Waals surface area contributed by atoms with Crippen LogP contribution >= 0.6 is 11.3 Å². The summed E-state index contributed by atoms with van der Waals surface area (Å²) < 4.78 is 27.6. The molecule has 1 unspecified atom stereocenters. The van der Waals surface area contributed by atoms with Crippen molar-refractivity contribution in [1.82, 2.24) is 10.2 Å². The van der Waals surface area contributed by atoms with Gasteiger partial charge < -0.3 is 0 Å². The van der Waals surface area contributed by atoms with Crippen LogP contribution in [0, 0.1) is 13.8 Å². The van der Waals surface area contributed by atoms with Crippen LogP contribution in [0.2, 0.25) is 0 Å². The quantitative estimate of drug-likeness (QED) is 0.568. The third kappa shape index (κ3) is 3.97. The fourth-order valence-electron chi connectivity index (χ4n) is 2.23. The average molecular weight is 354 g/mol. The minimum absolute atomic E-state index is 0.288. The van der Waals surface area contributed by atoms with Gasteiger partial charge in [0.15, 0.2) is 0 Å². The first kappa shape index (κ1) is 17.6. The predicted molar refractivity (Wildman–Crippen MR) is 88.2 cm³/mol. The molecule has 1 aromatic carbocycles. The van der Waals surface area contributed by atoms with Crippen LogP contribution in [0.5, 0.6) is 0 Å². The molecular formula is C15H18N2O4S2. The molecule has 1 atom stereocenters. The van der Waals surface area contributed by atoms with Crippen molar-refractivity contribution >= 4 is 27.3 Å². The monoisotopic (exact) mass is 354 g/mol. The van der Waals surface area contributed by atoms with Crippen LogP contribution in [0.15, 0.2) is 35.2 Å². The molecule has 0 aliphatic carbocycles. The molecule has 0 bridgehead atoms. The third-order valence-corrected chi connectivity index (χ3v) is 6.15. The van der Waals surface area contributed by atoms with E-state index in [1.54, 1.807) is 37.5 Å². The lowest BCUT2D eigenvalue weighted by molar-refractivity contribution is 0.0706. The predicted octanol–water partition coefficient (Wildman–Crippen LogP) is 2.52. The number of benzene rings is 1. The number of hydrogen-bond acceptors (Lipinski definition) is 5. The molecule has 8 heteroatoms. The normalized spacial score (nSPS) is 12.9. The number of thiophene rings is 1. The molecule has 0 fully saturated rings. The van der Waals surface area contributed by atoms with E-state index in [0.717, 1.165) is 9.75 Å². The SMILES string of the molecule is Cc1cc(S(=O)(=O)NC(C)c2ccc(C(=O)NO)cc2)c(C)s1. The van der Waals surface area contributed by atoms with Crippen molar-refractivity contribution in [1.29, 1.82) is 0 Å². The number of sulfonamides is 1. The largest absolute Gasteiger partial charge is 0.288 e. The van der Waals surface area contributed by atoms with Gasteiger partial charge in [-0.1, -0.05) is 12.1 Å². The molecule has 2 rings (SSSR count). The van der Waals surface area contributed by atoms with Crippen LogP contribution in [0.4, 0.5) is 0 Å². The van der Waals surface area contributed by atoms with Gasteiger partial charge in [-0.05, 0) is 44.5 Å². The number of aryl methyl sites for hydroxylation is 2. The van der Waals surface area contributed by atoms with E-state index in [-0.39, 0.29) is 5.56 Å². The van der Waals surface area contributed by atoms with E-state index in [4.69, 9.17) is 5.21 Å². The highest BCUT2D eigenvalue weighted by atomic mass is 32.2. The Morgan fingerprint density at radius 3 is 2.30 bits per heavy atom. The van der Waals surface area contributed by atoms with Crippen LogP contribution in [0.3, 0.4) is 0 Å². The second-order valence-corrected chi connectivity index (χ2v) is 8.33. The molecule has 6 nitrogen and oxygen atoms in total. The van der Waals surface area contributed by atoms with Gasteiger partial charge in [-0.15, -0.1) is 11.3 Å². The lowest BCUT2D eigenvalue weighted by Gasteiger charge is -2.15. The third-order valence-electron chi connectivity index (χ3n) is 3.39. The zero-order chi connectivity index (χ0) is 17.2. The fraction of sp³-hybridized carbons (Fsp3) is 0.267. The molecule has 2 aromatic rings. The number of carbonyl (C=O) groups excluding carboxylic acids is 1. The molecule has 1 amide bonds. The summed E-state index contributed by atoms with van der Waals surface area (Å²) in [4.78, 5) is 13.3. The van der Waals surface area contributed by atoms with E-state index in [9.17, 15) is 13.2 Å². The number of amides is 1. The zero-order valence-corrected chi connectivity index (χ0v) is 14.6. The Morgan fingerprint density at radius 1 is 1.22 bits per heavy atom.